The van der Waals surface area contributed by atoms with Crippen LogP contribution in [0.1, 0.15) is 37.2 Å². The van der Waals surface area contributed by atoms with Crippen molar-refractivity contribution in [2.24, 2.45) is 0 Å². The number of anilines is 1. The van der Waals surface area contributed by atoms with Crippen LogP contribution in [0, 0.1) is 0 Å². The number of nitrogens with one attached hydrogen (secondary N) is 2. The first-order chi connectivity index (χ1) is 9.29. The van der Waals surface area contributed by atoms with E-state index in [9.17, 15) is 4.79 Å². The van der Waals surface area contributed by atoms with E-state index in [4.69, 9.17) is 23.2 Å². The molecule has 0 saturated heterocycles. The summed E-state index contributed by atoms with van der Waals surface area (Å²) in [4.78, 5) is 23.7. The van der Waals surface area contributed by atoms with Crippen molar-refractivity contribution in [3.05, 3.63) is 28.2 Å². The number of halogens is 2. The van der Waals surface area contributed by atoms with Crippen LogP contribution in [0.5, 0.6) is 0 Å². The van der Waals surface area contributed by atoms with Crippen molar-refractivity contribution in [1.29, 1.82) is 0 Å². The molecular formula is C11H12Cl2N6O. The lowest BCUT2D eigenvalue weighted by Gasteiger charge is -2.12. The van der Waals surface area contributed by atoms with E-state index in [1.54, 1.807) is 0 Å². The number of aromatic amines is 1. The van der Waals surface area contributed by atoms with Crippen LogP contribution >= 0.6 is 23.2 Å². The first kappa shape index (κ1) is 14.7. The van der Waals surface area contributed by atoms with E-state index in [2.05, 4.69) is 30.5 Å². The Bertz CT molecular complexity index is 649. The van der Waals surface area contributed by atoms with E-state index >= 15 is 0 Å². The highest BCUT2D eigenvalue weighted by Gasteiger charge is 2.22. The summed E-state index contributed by atoms with van der Waals surface area (Å²) in [5.41, 5.74) is -0.235. The largest absolute Gasteiger partial charge is 0.302 e. The first-order valence-electron chi connectivity index (χ1n) is 5.69. The average molecular weight is 315 g/mol. The summed E-state index contributed by atoms with van der Waals surface area (Å²) in [5, 5.41) is 9.19. The number of aromatic nitrogens is 5. The van der Waals surface area contributed by atoms with Gasteiger partial charge in [-0.1, -0.05) is 44.0 Å². The van der Waals surface area contributed by atoms with Crippen LogP contribution in [0.4, 0.5) is 5.82 Å². The van der Waals surface area contributed by atoms with Gasteiger partial charge in [0, 0.05) is 5.41 Å². The van der Waals surface area contributed by atoms with Crippen molar-refractivity contribution in [2.75, 3.05) is 5.32 Å². The Morgan fingerprint density at radius 2 is 2.00 bits per heavy atom. The lowest BCUT2D eigenvalue weighted by Crippen LogP contribution is -2.17. The van der Waals surface area contributed by atoms with E-state index in [1.807, 2.05) is 20.8 Å². The van der Waals surface area contributed by atoms with Crippen LogP contribution in [0.2, 0.25) is 10.2 Å². The molecule has 20 heavy (non-hydrogen) atoms. The summed E-state index contributed by atoms with van der Waals surface area (Å²) in [5.74, 6) is 0.183. The second-order valence-electron chi connectivity index (χ2n) is 5.04. The highest BCUT2D eigenvalue weighted by molar-refractivity contribution is 6.43. The van der Waals surface area contributed by atoms with Gasteiger partial charge in [0.2, 0.25) is 5.82 Å². The zero-order valence-corrected chi connectivity index (χ0v) is 12.5. The van der Waals surface area contributed by atoms with E-state index in [0.717, 1.165) is 0 Å². The fraction of sp³-hybridized carbons (Fsp3) is 0.364. The zero-order chi connectivity index (χ0) is 14.9. The molecule has 2 aromatic rings. The minimum atomic E-state index is -0.534. The van der Waals surface area contributed by atoms with E-state index < -0.39 is 5.91 Å². The zero-order valence-electron chi connectivity index (χ0n) is 11.0. The summed E-state index contributed by atoms with van der Waals surface area (Å²) < 4.78 is 0. The molecule has 0 saturated carbocycles. The maximum Gasteiger partial charge on any atom is 0.296 e. The standard InChI is InChI=1S/C11H12Cl2N6O/c1-11(2,3)10-17-8(18-19-10)9(20)16-7-5(12)6(13)14-4-15-7/h4H,1-3H3,(H,17,18,19)(H,14,15,16,20). The second-order valence-corrected chi connectivity index (χ2v) is 5.77. The predicted molar refractivity (Wildman–Crippen MR) is 75.1 cm³/mol. The Hall–Kier alpha value is -1.73. The molecule has 0 fully saturated rings. The van der Waals surface area contributed by atoms with Gasteiger partial charge in [-0.05, 0) is 0 Å². The number of rotatable bonds is 2. The van der Waals surface area contributed by atoms with Crippen LogP contribution in [0.25, 0.3) is 0 Å². The quantitative estimate of drug-likeness (QED) is 0.830. The van der Waals surface area contributed by atoms with Gasteiger partial charge in [0.1, 0.15) is 17.2 Å². The Morgan fingerprint density at radius 1 is 1.30 bits per heavy atom. The molecule has 7 nitrogen and oxygen atoms in total. The van der Waals surface area contributed by atoms with Crippen molar-refractivity contribution in [2.45, 2.75) is 26.2 Å². The van der Waals surface area contributed by atoms with Gasteiger partial charge in [0.25, 0.3) is 5.91 Å². The van der Waals surface area contributed by atoms with E-state index in [-0.39, 0.29) is 27.2 Å². The second kappa shape index (κ2) is 5.34. The van der Waals surface area contributed by atoms with Crippen molar-refractivity contribution >= 4 is 34.9 Å². The van der Waals surface area contributed by atoms with Gasteiger partial charge in [0.15, 0.2) is 11.0 Å². The van der Waals surface area contributed by atoms with Crippen LogP contribution in [0.3, 0.4) is 0 Å². The van der Waals surface area contributed by atoms with E-state index in [1.165, 1.54) is 6.33 Å². The Balaban J connectivity index is 2.20. The van der Waals surface area contributed by atoms with Gasteiger partial charge in [-0.2, -0.15) is 0 Å². The predicted octanol–water partition coefficient (Wildman–Crippen LogP) is 2.45. The monoisotopic (exact) mass is 314 g/mol. The molecule has 2 N–H and O–H groups in total. The topological polar surface area (TPSA) is 96.5 Å². The number of amides is 1. The lowest BCUT2D eigenvalue weighted by atomic mass is 9.96. The molecule has 0 unspecified atom stereocenters. The fourth-order valence-corrected chi connectivity index (χ4v) is 1.58. The Morgan fingerprint density at radius 3 is 2.60 bits per heavy atom. The summed E-state index contributed by atoms with van der Waals surface area (Å²) in [6.07, 6.45) is 1.20. The van der Waals surface area contributed by atoms with E-state index in [0.29, 0.717) is 5.82 Å². The van der Waals surface area contributed by atoms with Crippen LogP contribution in [-0.4, -0.2) is 31.1 Å². The molecule has 106 valence electrons. The van der Waals surface area contributed by atoms with Crippen molar-refractivity contribution in [1.82, 2.24) is 25.1 Å². The molecule has 0 aliphatic heterocycles. The Labute approximate surface area is 125 Å². The minimum absolute atomic E-state index is 0.000673. The molecule has 9 heteroatoms. The lowest BCUT2D eigenvalue weighted by molar-refractivity contribution is 0.101. The van der Waals surface area contributed by atoms with Crippen molar-refractivity contribution in [3.63, 3.8) is 0 Å². The molecule has 0 aliphatic rings. The first-order valence-corrected chi connectivity index (χ1v) is 6.45. The number of hydrogen-bond donors (Lipinski definition) is 2. The summed E-state index contributed by atoms with van der Waals surface area (Å²) in [6.45, 7) is 5.86. The maximum absolute atomic E-state index is 12.0. The smallest absolute Gasteiger partial charge is 0.296 e. The van der Waals surface area contributed by atoms with Gasteiger partial charge in [0.05, 0.1) is 0 Å². The maximum atomic E-state index is 12.0. The van der Waals surface area contributed by atoms with Gasteiger partial charge in [-0.3, -0.25) is 9.89 Å². The van der Waals surface area contributed by atoms with Crippen LogP contribution in [-0.2, 0) is 5.41 Å². The summed E-state index contributed by atoms with van der Waals surface area (Å²) in [6, 6.07) is 0. The molecule has 0 radical (unpaired) electrons. The highest BCUT2D eigenvalue weighted by Crippen LogP contribution is 2.25. The van der Waals surface area contributed by atoms with Gasteiger partial charge in [-0.25, -0.2) is 15.0 Å². The van der Waals surface area contributed by atoms with Gasteiger partial charge in [-0.15, -0.1) is 5.10 Å². The molecule has 2 rings (SSSR count). The fourth-order valence-electron chi connectivity index (χ4n) is 1.30. The average Bonchev–Trinajstić information content (AvgIpc) is 2.84. The molecule has 2 aromatic heterocycles. The molecular weight excluding hydrogens is 303 g/mol. The third-order valence-corrected chi connectivity index (χ3v) is 3.12. The SMILES string of the molecule is CC(C)(C)c1nc(C(=O)Nc2ncnc(Cl)c2Cl)n[nH]1. The number of hydrogen-bond acceptors (Lipinski definition) is 5. The Kier molecular flexibility index (Phi) is 3.92. The molecule has 2 heterocycles. The van der Waals surface area contributed by atoms with Gasteiger partial charge < -0.3 is 5.32 Å². The van der Waals surface area contributed by atoms with Crippen molar-refractivity contribution in [3.8, 4) is 0 Å². The molecule has 0 spiro atoms. The number of carbonyl (C=O) groups excluding carboxylic acids is 1. The number of H-pyrrole nitrogens is 1. The molecule has 0 aliphatic carbocycles. The minimum Gasteiger partial charge on any atom is -0.302 e. The summed E-state index contributed by atoms with van der Waals surface area (Å²) >= 11 is 11.6. The molecule has 0 aromatic carbocycles. The highest BCUT2D eigenvalue weighted by atomic mass is 35.5. The number of nitrogens with zero attached hydrogens (tertiary/aromatic N) is 4. The third-order valence-electron chi connectivity index (χ3n) is 2.38. The normalized spacial score (nSPS) is 11.4. The summed E-state index contributed by atoms with van der Waals surface area (Å²) in [7, 11) is 0. The van der Waals surface area contributed by atoms with Crippen molar-refractivity contribution < 1.29 is 4.79 Å². The molecule has 0 atom stereocenters. The number of carbonyl (C=O) groups is 1. The molecule has 0 bridgehead atoms. The van der Waals surface area contributed by atoms with Gasteiger partial charge >= 0.3 is 0 Å². The van der Waals surface area contributed by atoms with Crippen LogP contribution < -0.4 is 5.32 Å². The molecule has 1 amide bonds. The third kappa shape index (κ3) is 3.05. The van der Waals surface area contributed by atoms with Crippen LogP contribution in [0.15, 0.2) is 6.33 Å².